The van der Waals surface area contributed by atoms with Crippen molar-refractivity contribution in [3.63, 3.8) is 0 Å². The summed E-state index contributed by atoms with van der Waals surface area (Å²) in [6.07, 6.45) is 92.5. The van der Waals surface area contributed by atoms with Crippen molar-refractivity contribution in [2.24, 2.45) is 0 Å². The molecule has 0 aromatic heterocycles. The summed E-state index contributed by atoms with van der Waals surface area (Å²) in [6, 6.07) is -0.538. The number of esters is 1. The van der Waals surface area contributed by atoms with Crippen molar-refractivity contribution in [3.05, 3.63) is 24.3 Å². The third-order valence-electron chi connectivity index (χ3n) is 18.0. The molecule has 0 aliphatic heterocycles. The van der Waals surface area contributed by atoms with Gasteiger partial charge in [0.25, 0.3) is 0 Å². The van der Waals surface area contributed by atoms with Gasteiger partial charge in [-0.2, -0.15) is 0 Å². The Morgan fingerprint density at radius 2 is 0.602 bits per heavy atom. The van der Waals surface area contributed by atoms with E-state index in [2.05, 4.69) is 43.5 Å². The lowest BCUT2D eigenvalue weighted by molar-refractivity contribution is -0.143. The minimum Gasteiger partial charge on any atom is -0.466 e. The van der Waals surface area contributed by atoms with E-state index in [0.29, 0.717) is 25.9 Å². The van der Waals surface area contributed by atoms with Crippen molar-refractivity contribution >= 4 is 11.9 Å². The molecule has 0 heterocycles. The van der Waals surface area contributed by atoms with Crippen molar-refractivity contribution in [1.29, 1.82) is 0 Å². The molecule has 0 bridgehead atoms. The summed E-state index contributed by atoms with van der Waals surface area (Å²) in [5, 5.41) is 23.4. The molecule has 0 aliphatic carbocycles. The second-order valence-electron chi connectivity index (χ2n) is 26.3. The SMILES string of the molecule is CCCCCC/C=C\C/C=C\CCCCCCCCCC(=O)OCCCCCCCCCCCCCCCCCCCCCCCCCCCCCCCCCC(=O)NC(CO)C(O)CCCCCCCCCCCCCCCCCCC. The zero-order valence-corrected chi connectivity index (χ0v) is 56.5. The maximum Gasteiger partial charge on any atom is 0.305 e. The van der Waals surface area contributed by atoms with Crippen LogP contribution in [-0.4, -0.2) is 47.4 Å². The quantitative estimate of drug-likeness (QED) is 0.0320. The van der Waals surface area contributed by atoms with Crippen LogP contribution in [0.1, 0.15) is 431 Å². The molecule has 0 saturated heterocycles. The number of hydrogen-bond donors (Lipinski definition) is 3. The standard InChI is InChI=1S/C77H149NO5/c1-3-5-7-9-11-13-15-17-19-21-39-43-47-51-55-59-63-67-71-77(82)83-72-68-64-60-56-52-48-44-40-36-34-32-30-28-26-24-22-23-25-27-29-31-33-35-38-42-46-50-54-58-62-66-70-76(81)78-74(73-79)75(80)69-65-61-57-53-49-45-41-37-20-18-16-14-12-10-8-6-4-2/h13,15,19,21,74-75,79-80H,3-12,14,16-18,20,22-73H2,1-2H3,(H,78,81)/b15-13-,21-19-. The van der Waals surface area contributed by atoms with E-state index < -0.39 is 12.1 Å². The van der Waals surface area contributed by atoms with Crippen LogP contribution in [0.2, 0.25) is 0 Å². The summed E-state index contributed by atoms with van der Waals surface area (Å²) in [4.78, 5) is 24.6. The Morgan fingerprint density at radius 3 is 0.928 bits per heavy atom. The number of nitrogens with one attached hydrogen (secondary N) is 1. The van der Waals surface area contributed by atoms with E-state index in [1.165, 1.54) is 347 Å². The van der Waals surface area contributed by atoms with Crippen LogP contribution in [0.25, 0.3) is 0 Å². The molecule has 3 N–H and O–H groups in total. The van der Waals surface area contributed by atoms with Gasteiger partial charge in [-0.25, -0.2) is 0 Å². The number of aliphatic hydroxyl groups is 2. The van der Waals surface area contributed by atoms with Gasteiger partial charge in [0.2, 0.25) is 5.91 Å². The van der Waals surface area contributed by atoms with Gasteiger partial charge in [-0.15, -0.1) is 0 Å². The average Bonchev–Trinajstić information content (AvgIpc) is 3.48. The zero-order chi connectivity index (χ0) is 59.9. The third kappa shape index (κ3) is 69.3. The van der Waals surface area contributed by atoms with E-state index >= 15 is 0 Å². The van der Waals surface area contributed by atoms with E-state index in [1.54, 1.807) is 0 Å². The van der Waals surface area contributed by atoms with Crippen LogP contribution in [-0.2, 0) is 14.3 Å². The topological polar surface area (TPSA) is 95.9 Å². The van der Waals surface area contributed by atoms with Crippen molar-refractivity contribution in [2.75, 3.05) is 13.2 Å². The molecule has 492 valence electrons. The van der Waals surface area contributed by atoms with Crippen LogP contribution in [0.3, 0.4) is 0 Å². The van der Waals surface area contributed by atoms with Gasteiger partial charge < -0.3 is 20.3 Å². The van der Waals surface area contributed by atoms with Gasteiger partial charge in [-0.05, 0) is 57.8 Å². The predicted molar refractivity (Wildman–Crippen MR) is 366 cm³/mol. The van der Waals surface area contributed by atoms with Crippen LogP contribution >= 0.6 is 0 Å². The second-order valence-corrected chi connectivity index (χ2v) is 26.3. The van der Waals surface area contributed by atoms with Gasteiger partial charge in [-0.3, -0.25) is 9.59 Å². The molecule has 2 unspecified atom stereocenters. The number of hydrogen-bond acceptors (Lipinski definition) is 5. The average molecular weight is 1170 g/mol. The molecule has 0 saturated carbocycles. The number of aliphatic hydroxyl groups excluding tert-OH is 2. The van der Waals surface area contributed by atoms with Gasteiger partial charge in [0.1, 0.15) is 0 Å². The van der Waals surface area contributed by atoms with Crippen molar-refractivity contribution in [2.45, 2.75) is 443 Å². The maximum absolute atomic E-state index is 12.5. The number of carbonyl (C=O) groups excluding carboxylic acids is 2. The number of unbranched alkanes of at least 4 members (excludes halogenated alkanes) is 57. The zero-order valence-electron chi connectivity index (χ0n) is 56.5. The van der Waals surface area contributed by atoms with Crippen molar-refractivity contribution in [3.8, 4) is 0 Å². The number of allylic oxidation sites excluding steroid dienone is 4. The Balaban J connectivity index is 3.32. The third-order valence-corrected chi connectivity index (χ3v) is 18.0. The molecule has 83 heavy (non-hydrogen) atoms. The highest BCUT2D eigenvalue weighted by Gasteiger charge is 2.20. The van der Waals surface area contributed by atoms with Gasteiger partial charge in [0.05, 0.1) is 25.4 Å². The predicted octanol–water partition coefficient (Wildman–Crippen LogP) is 24.9. The Morgan fingerprint density at radius 1 is 0.337 bits per heavy atom. The van der Waals surface area contributed by atoms with Gasteiger partial charge in [-0.1, -0.05) is 385 Å². The van der Waals surface area contributed by atoms with Crippen LogP contribution in [0, 0.1) is 0 Å². The lowest BCUT2D eigenvalue weighted by Gasteiger charge is -2.22. The maximum atomic E-state index is 12.5. The summed E-state index contributed by atoms with van der Waals surface area (Å²) in [6.45, 7) is 4.98. The van der Waals surface area contributed by atoms with Crippen LogP contribution in [0.15, 0.2) is 24.3 Å². The molecule has 0 aromatic carbocycles. The summed E-state index contributed by atoms with van der Waals surface area (Å²) in [7, 11) is 0. The number of carbonyl (C=O) groups is 2. The summed E-state index contributed by atoms with van der Waals surface area (Å²) >= 11 is 0. The summed E-state index contributed by atoms with van der Waals surface area (Å²) < 4.78 is 5.51. The first-order valence-corrected chi connectivity index (χ1v) is 38.1. The fourth-order valence-electron chi connectivity index (χ4n) is 12.2. The molecule has 0 radical (unpaired) electrons. The number of ether oxygens (including phenoxy) is 1. The Kier molecular flexibility index (Phi) is 71.4. The first-order chi connectivity index (χ1) is 41.0. The van der Waals surface area contributed by atoms with E-state index in [1.807, 2.05) is 0 Å². The lowest BCUT2D eigenvalue weighted by atomic mass is 10.0. The second kappa shape index (κ2) is 72.8. The smallest absolute Gasteiger partial charge is 0.305 e. The van der Waals surface area contributed by atoms with E-state index in [-0.39, 0.29) is 18.5 Å². The monoisotopic (exact) mass is 1170 g/mol. The molecule has 2 atom stereocenters. The Labute approximate surface area is 520 Å². The van der Waals surface area contributed by atoms with Crippen molar-refractivity contribution in [1.82, 2.24) is 5.32 Å². The first-order valence-electron chi connectivity index (χ1n) is 38.1. The van der Waals surface area contributed by atoms with Gasteiger partial charge >= 0.3 is 5.97 Å². The van der Waals surface area contributed by atoms with Gasteiger partial charge in [0.15, 0.2) is 0 Å². The largest absolute Gasteiger partial charge is 0.466 e. The highest BCUT2D eigenvalue weighted by Crippen LogP contribution is 2.20. The van der Waals surface area contributed by atoms with Crippen molar-refractivity contribution < 1.29 is 24.5 Å². The first kappa shape index (κ1) is 81.3. The molecule has 0 aliphatic rings. The van der Waals surface area contributed by atoms with E-state index in [0.717, 1.165) is 51.4 Å². The fourth-order valence-corrected chi connectivity index (χ4v) is 12.2. The van der Waals surface area contributed by atoms with E-state index in [4.69, 9.17) is 4.74 Å². The molecule has 0 aromatic rings. The molecule has 6 nitrogen and oxygen atoms in total. The Hall–Kier alpha value is -1.66. The molecule has 0 fully saturated rings. The normalized spacial score (nSPS) is 12.6. The molecule has 0 rings (SSSR count). The molecular weight excluding hydrogens is 1020 g/mol. The summed E-state index contributed by atoms with van der Waals surface area (Å²) in [5.74, 6) is -0.0125. The van der Waals surface area contributed by atoms with Crippen LogP contribution < -0.4 is 5.32 Å². The van der Waals surface area contributed by atoms with Crippen LogP contribution in [0.4, 0.5) is 0 Å². The highest BCUT2D eigenvalue weighted by atomic mass is 16.5. The van der Waals surface area contributed by atoms with E-state index in [9.17, 15) is 19.8 Å². The molecular formula is C77H149NO5. The highest BCUT2D eigenvalue weighted by molar-refractivity contribution is 5.76. The summed E-state index contributed by atoms with van der Waals surface area (Å²) in [5.41, 5.74) is 0. The van der Waals surface area contributed by atoms with Crippen LogP contribution in [0.5, 0.6) is 0 Å². The fraction of sp³-hybridized carbons (Fsp3) is 0.922. The van der Waals surface area contributed by atoms with Gasteiger partial charge in [0, 0.05) is 12.8 Å². The number of rotatable bonds is 72. The Bertz CT molecular complexity index is 1300. The minimum absolute atomic E-state index is 0.0142. The lowest BCUT2D eigenvalue weighted by Crippen LogP contribution is -2.45. The minimum atomic E-state index is -0.661. The molecule has 6 heteroatoms. The molecule has 0 spiro atoms. The number of amides is 1. The molecule has 1 amide bonds.